The molecule has 1 atom stereocenters. The molecule has 2 aromatic rings. The number of aliphatic carboxylic acids is 1. The topological polar surface area (TPSA) is 135 Å². The smallest absolute Gasteiger partial charge is 0.321 e. The Balaban J connectivity index is 2.42. The lowest BCUT2D eigenvalue weighted by Gasteiger charge is -2.26. The molecule has 0 aliphatic carbocycles. The maximum atomic E-state index is 13.0. The van der Waals surface area contributed by atoms with E-state index in [1.165, 1.54) is 62.4 Å². The molecule has 0 unspecified atom stereocenters. The van der Waals surface area contributed by atoms with E-state index < -0.39 is 27.0 Å². The molecule has 0 heterocycles. The molecular weight excluding hydrogens is 388 g/mol. The van der Waals surface area contributed by atoms with Crippen LogP contribution in [-0.2, 0) is 21.4 Å². The Kier molecular flexibility index (Phi) is 6.26. The van der Waals surface area contributed by atoms with Crippen molar-refractivity contribution in [1.29, 1.82) is 0 Å². The number of carboxylic acid groups (broad SMARTS) is 1. The lowest BCUT2D eigenvalue weighted by atomic mass is 10.2. The molecule has 28 heavy (non-hydrogen) atoms. The molecule has 0 radical (unpaired) electrons. The van der Waals surface area contributed by atoms with Crippen molar-refractivity contribution in [3.63, 3.8) is 0 Å². The molecule has 2 rings (SSSR count). The number of carbonyl (C=O) groups is 2. The second kappa shape index (κ2) is 8.28. The van der Waals surface area contributed by atoms with Gasteiger partial charge in [-0.2, -0.15) is 4.31 Å². The van der Waals surface area contributed by atoms with E-state index in [2.05, 4.69) is 0 Å². The number of nitro groups is 1. The zero-order valence-electron chi connectivity index (χ0n) is 15.1. The Bertz CT molecular complexity index is 999. The van der Waals surface area contributed by atoms with Crippen LogP contribution in [0.15, 0.2) is 53.4 Å². The van der Waals surface area contributed by atoms with Gasteiger partial charge in [-0.3, -0.25) is 19.7 Å². The van der Waals surface area contributed by atoms with Gasteiger partial charge in [-0.15, -0.1) is 0 Å². The summed E-state index contributed by atoms with van der Waals surface area (Å²) in [6.45, 7) is 2.29. The predicted molar refractivity (Wildman–Crippen MR) is 99.4 cm³/mol. The van der Waals surface area contributed by atoms with E-state index in [9.17, 15) is 33.2 Å². The fourth-order valence-corrected chi connectivity index (χ4v) is 4.03. The van der Waals surface area contributed by atoms with Crippen LogP contribution >= 0.6 is 0 Å². The molecule has 0 spiro atoms. The molecular formula is C18H18N2O7S. The molecule has 1 N–H and O–H groups in total. The monoisotopic (exact) mass is 406 g/mol. The normalized spacial score (nSPS) is 12.5. The number of sulfonamides is 1. The molecule has 0 saturated carbocycles. The van der Waals surface area contributed by atoms with Crippen LogP contribution in [0, 0.1) is 10.1 Å². The molecule has 10 heteroatoms. The Morgan fingerprint density at radius 3 is 2.07 bits per heavy atom. The predicted octanol–water partition coefficient (Wildman–Crippen LogP) is 2.46. The highest BCUT2D eigenvalue weighted by atomic mass is 32.2. The Morgan fingerprint density at radius 1 is 1.11 bits per heavy atom. The highest BCUT2D eigenvalue weighted by Gasteiger charge is 2.33. The zero-order chi connectivity index (χ0) is 21.1. The number of nitro benzene ring substituents is 1. The highest BCUT2D eigenvalue weighted by Crippen LogP contribution is 2.23. The molecule has 9 nitrogen and oxygen atoms in total. The molecule has 0 bridgehead atoms. The summed E-state index contributed by atoms with van der Waals surface area (Å²) in [6.07, 6.45) is 0. The summed E-state index contributed by atoms with van der Waals surface area (Å²) in [5.74, 6) is -1.57. The van der Waals surface area contributed by atoms with E-state index in [-0.39, 0.29) is 22.9 Å². The van der Waals surface area contributed by atoms with Gasteiger partial charge in [-0.25, -0.2) is 8.42 Å². The molecule has 0 aliphatic rings. The lowest BCUT2D eigenvalue weighted by molar-refractivity contribution is -0.384. The summed E-state index contributed by atoms with van der Waals surface area (Å²) in [7, 11) is -4.21. The number of ketones is 1. The van der Waals surface area contributed by atoms with Gasteiger partial charge in [0.25, 0.3) is 5.69 Å². The average molecular weight is 406 g/mol. The first-order valence-corrected chi connectivity index (χ1v) is 9.57. The van der Waals surface area contributed by atoms with Gasteiger partial charge in [0, 0.05) is 24.2 Å². The Hall–Kier alpha value is -3.11. The number of carbonyl (C=O) groups excluding carboxylic acids is 1. The fourth-order valence-electron chi connectivity index (χ4n) is 2.45. The van der Waals surface area contributed by atoms with Gasteiger partial charge in [0.1, 0.15) is 6.04 Å². The molecule has 0 aromatic heterocycles. The van der Waals surface area contributed by atoms with Crippen LogP contribution in [0.4, 0.5) is 5.69 Å². The van der Waals surface area contributed by atoms with Crippen molar-refractivity contribution in [3.8, 4) is 0 Å². The van der Waals surface area contributed by atoms with Crippen LogP contribution in [0.25, 0.3) is 0 Å². The highest BCUT2D eigenvalue weighted by molar-refractivity contribution is 7.89. The number of hydrogen-bond donors (Lipinski definition) is 1. The second-order valence-corrected chi connectivity index (χ2v) is 7.96. The van der Waals surface area contributed by atoms with Crippen molar-refractivity contribution in [3.05, 3.63) is 69.8 Å². The van der Waals surface area contributed by atoms with E-state index in [1.54, 1.807) is 0 Å². The summed E-state index contributed by atoms with van der Waals surface area (Å²) in [6, 6.07) is 8.97. The largest absolute Gasteiger partial charge is 0.480 e. The van der Waals surface area contributed by atoms with E-state index in [0.717, 1.165) is 4.31 Å². The average Bonchev–Trinajstić information content (AvgIpc) is 2.65. The molecule has 0 amide bonds. The first kappa shape index (κ1) is 21.2. The van der Waals surface area contributed by atoms with Gasteiger partial charge < -0.3 is 5.11 Å². The van der Waals surface area contributed by atoms with Gasteiger partial charge >= 0.3 is 5.97 Å². The van der Waals surface area contributed by atoms with E-state index in [0.29, 0.717) is 11.1 Å². The van der Waals surface area contributed by atoms with Gasteiger partial charge in [0.2, 0.25) is 10.0 Å². The molecule has 148 valence electrons. The number of nitrogens with zero attached hydrogens (tertiary/aromatic N) is 2. The van der Waals surface area contributed by atoms with Crippen LogP contribution in [0.1, 0.15) is 29.8 Å². The summed E-state index contributed by atoms with van der Waals surface area (Å²) < 4.78 is 26.8. The SMILES string of the molecule is CC(=O)c1ccc(S(=O)(=O)N(Cc2ccc([N+](=O)[O-])cc2)[C@@H](C)C(=O)O)cc1. The third-order valence-corrected chi connectivity index (χ3v) is 6.07. The minimum atomic E-state index is -4.21. The van der Waals surface area contributed by atoms with E-state index >= 15 is 0 Å². The van der Waals surface area contributed by atoms with Crippen LogP contribution in [0.3, 0.4) is 0 Å². The van der Waals surface area contributed by atoms with Gasteiger partial charge in [0.15, 0.2) is 5.78 Å². The maximum absolute atomic E-state index is 13.0. The number of non-ortho nitro benzene ring substituents is 1. The van der Waals surface area contributed by atoms with E-state index in [4.69, 9.17) is 0 Å². The van der Waals surface area contributed by atoms with Gasteiger partial charge in [-0.05, 0) is 31.5 Å². The summed E-state index contributed by atoms with van der Waals surface area (Å²) in [4.78, 5) is 32.8. The van der Waals surface area contributed by atoms with Crippen LogP contribution in [0.5, 0.6) is 0 Å². The number of benzene rings is 2. The number of hydrogen-bond acceptors (Lipinski definition) is 6. The Morgan fingerprint density at radius 2 is 1.64 bits per heavy atom. The van der Waals surface area contributed by atoms with Crippen molar-refractivity contribution < 1.29 is 28.0 Å². The van der Waals surface area contributed by atoms with Crippen molar-refractivity contribution in [2.24, 2.45) is 0 Å². The number of rotatable bonds is 8. The van der Waals surface area contributed by atoms with Crippen molar-refractivity contribution >= 4 is 27.5 Å². The first-order valence-electron chi connectivity index (χ1n) is 8.13. The van der Waals surface area contributed by atoms with Gasteiger partial charge in [0.05, 0.1) is 9.82 Å². The van der Waals surface area contributed by atoms with Gasteiger partial charge in [-0.1, -0.05) is 24.3 Å². The molecule has 0 fully saturated rings. The zero-order valence-corrected chi connectivity index (χ0v) is 15.9. The van der Waals surface area contributed by atoms with Crippen LogP contribution < -0.4 is 0 Å². The lowest BCUT2D eigenvalue weighted by Crippen LogP contribution is -2.42. The molecule has 0 aliphatic heterocycles. The minimum Gasteiger partial charge on any atom is -0.480 e. The first-order chi connectivity index (χ1) is 13.0. The minimum absolute atomic E-state index is 0.160. The summed E-state index contributed by atoms with van der Waals surface area (Å²) in [5.41, 5.74) is 0.555. The Labute approximate surface area is 161 Å². The third-order valence-electron chi connectivity index (χ3n) is 4.14. The van der Waals surface area contributed by atoms with E-state index in [1.807, 2.05) is 0 Å². The quantitative estimate of drug-likeness (QED) is 0.404. The van der Waals surface area contributed by atoms with Crippen LogP contribution in [-0.4, -0.2) is 40.5 Å². The van der Waals surface area contributed by atoms with Crippen molar-refractivity contribution in [2.45, 2.75) is 31.3 Å². The van der Waals surface area contributed by atoms with Crippen LogP contribution in [0.2, 0.25) is 0 Å². The number of Topliss-reactive ketones (excluding diaryl/α,β-unsaturated/α-hetero) is 1. The third kappa shape index (κ3) is 4.59. The summed E-state index contributed by atoms with van der Waals surface area (Å²) >= 11 is 0. The molecule has 2 aromatic carbocycles. The summed E-state index contributed by atoms with van der Waals surface area (Å²) in [5, 5.41) is 20.1. The maximum Gasteiger partial charge on any atom is 0.321 e. The van der Waals surface area contributed by atoms with Crippen molar-refractivity contribution in [2.75, 3.05) is 0 Å². The second-order valence-electron chi connectivity index (χ2n) is 6.07. The fraction of sp³-hybridized carbons (Fsp3) is 0.222. The standard InChI is InChI=1S/C18H18N2O7S/c1-12(18(22)23)19(11-14-3-7-16(8-4-14)20(24)25)28(26,27)17-9-5-15(6-10-17)13(2)21/h3-10,12H,11H2,1-2H3,(H,22,23)/t12-/m0/s1. The molecule has 0 saturated heterocycles. The van der Waals surface area contributed by atoms with Crippen molar-refractivity contribution in [1.82, 2.24) is 4.31 Å². The number of carboxylic acids is 1.